The monoisotopic (exact) mass is 339 g/mol. The summed E-state index contributed by atoms with van der Waals surface area (Å²) in [5, 5.41) is 2.80. The lowest BCUT2D eigenvalue weighted by molar-refractivity contribution is -0.121. The number of amides is 1. The van der Waals surface area contributed by atoms with Gasteiger partial charge in [0.15, 0.2) is 0 Å². The Labute approximate surface area is 138 Å². The molecule has 1 saturated heterocycles. The smallest absolute Gasteiger partial charge is 0.221 e. The van der Waals surface area contributed by atoms with Crippen molar-refractivity contribution in [2.75, 3.05) is 13.1 Å². The average molecular weight is 339 g/mol. The molecule has 7 heteroatoms. The minimum Gasteiger partial charge on any atom is -0.352 e. The Morgan fingerprint density at radius 1 is 1.26 bits per heavy atom. The highest BCUT2D eigenvalue weighted by Crippen LogP contribution is 2.19. The largest absolute Gasteiger partial charge is 0.352 e. The van der Waals surface area contributed by atoms with Crippen LogP contribution in [0.25, 0.3) is 0 Å². The van der Waals surface area contributed by atoms with Crippen LogP contribution in [0.3, 0.4) is 0 Å². The molecule has 1 atom stereocenters. The Hall–Kier alpha value is -1.44. The van der Waals surface area contributed by atoms with E-state index in [1.807, 2.05) is 18.2 Å². The van der Waals surface area contributed by atoms with Crippen molar-refractivity contribution in [1.82, 2.24) is 9.62 Å². The number of hydrogen-bond donors (Lipinski definition) is 2. The van der Waals surface area contributed by atoms with Crippen molar-refractivity contribution < 1.29 is 13.2 Å². The zero-order valence-electron chi connectivity index (χ0n) is 13.5. The van der Waals surface area contributed by atoms with Crippen LogP contribution in [-0.2, 0) is 27.1 Å². The first-order chi connectivity index (χ1) is 10.9. The van der Waals surface area contributed by atoms with Crippen LogP contribution in [-0.4, -0.2) is 37.8 Å². The second-order valence-corrected chi connectivity index (χ2v) is 8.06. The van der Waals surface area contributed by atoms with Crippen molar-refractivity contribution in [3.8, 4) is 0 Å². The van der Waals surface area contributed by atoms with Crippen LogP contribution >= 0.6 is 0 Å². The molecule has 23 heavy (non-hydrogen) atoms. The fourth-order valence-corrected chi connectivity index (χ4v) is 4.36. The van der Waals surface area contributed by atoms with Crippen molar-refractivity contribution in [2.24, 2.45) is 5.73 Å². The van der Waals surface area contributed by atoms with E-state index in [0.29, 0.717) is 19.6 Å². The van der Waals surface area contributed by atoms with E-state index in [-0.39, 0.29) is 24.1 Å². The molecule has 1 aliphatic heterocycles. The minimum atomic E-state index is -3.29. The molecule has 0 aliphatic carbocycles. The molecule has 128 valence electrons. The van der Waals surface area contributed by atoms with Gasteiger partial charge in [-0.3, -0.25) is 4.79 Å². The number of nitrogens with one attached hydrogen (secondary N) is 1. The maximum Gasteiger partial charge on any atom is 0.221 e. The second kappa shape index (κ2) is 7.90. The predicted molar refractivity (Wildman–Crippen MR) is 90.0 cm³/mol. The van der Waals surface area contributed by atoms with Crippen molar-refractivity contribution in [2.45, 2.75) is 44.5 Å². The lowest BCUT2D eigenvalue weighted by Crippen LogP contribution is -2.31. The number of rotatable bonds is 7. The molecule has 1 aliphatic rings. The molecule has 2 rings (SSSR count). The molecule has 0 aromatic heterocycles. The van der Waals surface area contributed by atoms with Gasteiger partial charge in [0.05, 0.1) is 5.75 Å². The van der Waals surface area contributed by atoms with Gasteiger partial charge in [-0.15, -0.1) is 0 Å². The fraction of sp³-hybridized carbons (Fsp3) is 0.562. The van der Waals surface area contributed by atoms with Gasteiger partial charge in [0.2, 0.25) is 15.9 Å². The summed E-state index contributed by atoms with van der Waals surface area (Å²) in [7, 11) is -3.29. The number of sulfonamides is 1. The summed E-state index contributed by atoms with van der Waals surface area (Å²) in [4.78, 5) is 11.7. The van der Waals surface area contributed by atoms with Crippen molar-refractivity contribution in [1.29, 1.82) is 0 Å². The van der Waals surface area contributed by atoms with Crippen LogP contribution in [0.4, 0.5) is 0 Å². The molecule has 0 saturated carbocycles. The number of carbonyl (C=O) groups is 1. The third-order valence-corrected chi connectivity index (χ3v) is 5.73. The Morgan fingerprint density at radius 3 is 2.48 bits per heavy atom. The van der Waals surface area contributed by atoms with Crippen molar-refractivity contribution in [3.05, 3.63) is 35.4 Å². The molecule has 0 radical (unpaired) electrons. The van der Waals surface area contributed by atoms with Crippen molar-refractivity contribution >= 4 is 15.9 Å². The lowest BCUT2D eigenvalue weighted by Gasteiger charge is -2.17. The van der Waals surface area contributed by atoms with E-state index in [9.17, 15) is 13.2 Å². The molecular weight excluding hydrogens is 314 g/mol. The minimum absolute atomic E-state index is 0.0215. The third kappa shape index (κ3) is 5.30. The summed E-state index contributed by atoms with van der Waals surface area (Å²) >= 11 is 0. The third-order valence-electron chi connectivity index (χ3n) is 3.90. The molecule has 0 spiro atoms. The highest BCUT2D eigenvalue weighted by Gasteiger charge is 2.26. The number of nitrogens with zero attached hydrogens (tertiary/aromatic N) is 1. The maximum atomic E-state index is 12.5. The second-order valence-electron chi connectivity index (χ2n) is 6.09. The SMILES string of the molecule is CC(N)CC(=O)NCc1ccccc1CS(=O)(=O)N1CCCC1. The first-order valence-corrected chi connectivity index (χ1v) is 9.56. The summed E-state index contributed by atoms with van der Waals surface area (Å²) in [6.07, 6.45) is 2.11. The van der Waals surface area contributed by atoms with Crippen LogP contribution in [0.2, 0.25) is 0 Å². The maximum absolute atomic E-state index is 12.5. The van der Waals surface area contributed by atoms with E-state index in [0.717, 1.165) is 24.0 Å². The molecule has 1 unspecified atom stereocenters. The first kappa shape index (κ1) is 17.9. The normalized spacial score (nSPS) is 17.1. The fourth-order valence-electron chi connectivity index (χ4n) is 2.68. The Bertz CT molecular complexity index is 638. The van der Waals surface area contributed by atoms with E-state index < -0.39 is 10.0 Å². The Balaban J connectivity index is 2.04. The van der Waals surface area contributed by atoms with Crippen LogP contribution in [0.1, 0.15) is 37.3 Å². The number of hydrogen-bond acceptors (Lipinski definition) is 4. The summed E-state index contributed by atoms with van der Waals surface area (Å²) in [6, 6.07) is 7.13. The summed E-state index contributed by atoms with van der Waals surface area (Å²) < 4.78 is 26.5. The van der Waals surface area contributed by atoms with Gasteiger partial charge in [0.1, 0.15) is 0 Å². The van der Waals surface area contributed by atoms with Gasteiger partial charge in [-0.1, -0.05) is 24.3 Å². The topological polar surface area (TPSA) is 92.5 Å². The average Bonchev–Trinajstić information content (AvgIpc) is 3.00. The molecular formula is C16H25N3O3S. The van der Waals surface area contributed by atoms with Gasteiger partial charge < -0.3 is 11.1 Å². The van der Waals surface area contributed by atoms with E-state index in [1.54, 1.807) is 17.3 Å². The number of nitrogens with two attached hydrogens (primary N) is 1. The van der Waals surface area contributed by atoms with Crippen molar-refractivity contribution in [3.63, 3.8) is 0 Å². The van der Waals surface area contributed by atoms with Gasteiger partial charge in [-0.25, -0.2) is 12.7 Å². The molecule has 1 aromatic carbocycles. The predicted octanol–water partition coefficient (Wildman–Crippen LogP) is 0.966. The van der Waals surface area contributed by atoms with E-state index in [2.05, 4.69) is 5.32 Å². The van der Waals surface area contributed by atoms with Gasteiger partial charge >= 0.3 is 0 Å². The highest BCUT2D eigenvalue weighted by atomic mass is 32.2. The molecule has 3 N–H and O–H groups in total. The zero-order valence-corrected chi connectivity index (χ0v) is 14.3. The quantitative estimate of drug-likeness (QED) is 0.774. The molecule has 1 aromatic rings. The van der Waals surface area contributed by atoms with Crippen LogP contribution in [0, 0.1) is 0 Å². The van der Waals surface area contributed by atoms with Gasteiger partial charge in [-0.05, 0) is 30.9 Å². The lowest BCUT2D eigenvalue weighted by atomic mass is 10.1. The van der Waals surface area contributed by atoms with E-state index in [4.69, 9.17) is 5.73 Å². The molecule has 1 heterocycles. The summed E-state index contributed by atoms with van der Waals surface area (Å²) in [5.74, 6) is -0.149. The molecule has 0 bridgehead atoms. The van der Waals surface area contributed by atoms with E-state index >= 15 is 0 Å². The highest BCUT2D eigenvalue weighted by molar-refractivity contribution is 7.88. The standard InChI is InChI=1S/C16H25N3O3S/c1-13(17)10-16(20)18-11-14-6-2-3-7-15(14)12-23(21,22)19-8-4-5-9-19/h2-3,6-7,13H,4-5,8-12,17H2,1H3,(H,18,20). The zero-order chi connectivity index (χ0) is 16.9. The number of benzene rings is 1. The van der Waals surface area contributed by atoms with Crippen LogP contribution in [0.15, 0.2) is 24.3 Å². The van der Waals surface area contributed by atoms with Gasteiger partial charge in [0.25, 0.3) is 0 Å². The molecule has 1 fully saturated rings. The Kier molecular flexibility index (Phi) is 6.15. The van der Waals surface area contributed by atoms with Crippen LogP contribution < -0.4 is 11.1 Å². The summed E-state index contributed by atoms with van der Waals surface area (Å²) in [5.41, 5.74) is 7.16. The van der Waals surface area contributed by atoms with E-state index in [1.165, 1.54) is 0 Å². The van der Waals surface area contributed by atoms with Gasteiger partial charge in [0, 0.05) is 32.1 Å². The Morgan fingerprint density at radius 2 is 1.87 bits per heavy atom. The number of carbonyl (C=O) groups excluding carboxylic acids is 1. The molecule has 6 nitrogen and oxygen atoms in total. The molecule has 1 amide bonds. The summed E-state index contributed by atoms with van der Waals surface area (Å²) in [6.45, 7) is 3.30. The van der Waals surface area contributed by atoms with Crippen LogP contribution in [0.5, 0.6) is 0 Å². The van der Waals surface area contributed by atoms with Gasteiger partial charge in [-0.2, -0.15) is 0 Å². The first-order valence-electron chi connectivity index (χ1n) is 7.95.